The highest BCUT2D eigenvalue weighted by atomic mass is 16.5. The number of nitrogens with one attached hydrogen (secondary N) is 3. The number of methoxy groups -OCH3 is 1. The Bertz CT molecular complexity index is 472. The molecular weight excluding hydrogens is 272 g/mol. The van der Waals surface area contributed by atoms with E-state index in [2.05, 4.69) is 26.0 Å². The summed E-state index contributed by atoms with van der Waals surface area (Å²) in [7, 11) is 1.58. The average Bonchev–Trinajstić information content (AvgIpc) is 2.44. The van der Waals surface area contributed by atoms with Crippen LogP contribution >= 0.6 is 0 Å². The first kappa shape index (κ1) is 17.1. The summed E-state index contributed by atoms with van der Waals surface area (Å²) in [5.41, 5.74) is 2.28. The van der Waals surface area contributed by atoms with Crippen molar-refractivity contribution >= 4 is 17.5 Å². The lowest BCUT2D eigenvalue weighted by Crippen LogP contribution is -2.32. The summed E-state index contributed by atoms with van der Waals surface area (Å²) in [5.74, 6) is 6.96. The molecule has 1 amide bonds. The van der Waals surface area contributed by atoms with Crippen molar-refractivity contribution < 1.29 is 9.53 Å². The molecule has 0 radical (unpaired) electrons. The maximum atomic E-state index is 11.6. The SMILES string of the molecule is COCCNC(=O)CNc1cc(NN)nc(C(C)(C)C)n1. The Morgan fingerprint density at radius 1 is 1.33 bits per heavy atom. The van der Waals surface area contributed by atoms with E-state index in [0.717, 1.165) is 0 Å². The molecule has 1 rings (SSSR count). The van der Waals surface area contributed by atoms with E-state index >= 15 is 0 Å². The lowest BCUT2D eigenvalue weighted by atomic mass is 9.96. The van der Waals surface area contributed by atoms with Gasteiger partial charge >= 0.3 is 0 Å². The molecule has 8 nitrogen and oxygen atoms in total. The number of carbonyl (C=O) groups is 1. The van der Waals surface area contributed by atoms with Crippen molar-refractivity contribution in [1.82, 2.24) is 15.3 Å². The minimum atomic E-state index is -0.218. The van der Waals surface area contributed by atoms with Crippen LogP contribution in [0.5, 0.6) is 0 Å². The number of aromatic nitrogens is 2. The maximum Gasteiger partial charge on any atom is 0.239 e. The molecular formula is C13H24N6O2. The van der Waals surface area contributed by atoms with E-state index < -0.39 is 0 Å². The zero-order valence-electron chi connectivity index (χ0n) is 13.0. The van der Waals surface area contributed by atoms with Crippen molar-refractivity contribution in [1.29, 1.82) is 0 Å². The number of ether oxygens (including phenoxy) is 1. The van der Waals surface area contributed by atoms with Crippen molar-refractivity contribution in [2.24, 2.45) is 5.84 Å². The van der Waals surface area contributed by atoms with Crippen LogP contribution in [0.2, 0.25) is 0 Å². The van der Waals surface area contributed by atoms with Gasteiger partial charge in [0.2, 0.25) is 5.91 Å². The maximum absolute atomic E-state index is 11.6. The number of hydrazine groups is 1. The molecule has 1 aromatic rings. The van der Waals surface area contributed by atoms with Crippen LogP contribution in [-0.2, 0) is 14.9 Å². The molecule has 0 atom stereocenters. The van der Waals surface area contributed by atoms with Crippen LogP contribution in [0.15, 0.2) is 6.07 Å². The molecule has 8 heteroatoms. The van der Waals surface area contributed by atoms with Gasteiger partial charge in [0.25, 0.3) is 0 Å². The number of amides is 1. The summed E-state index contributed by atoms with van der Waals surface area (Å²) in [6.07, 6.45) is 0. The van der Waals surface area contributed by atoms with Gasteiger partial charge in [0.15, 0.2) is 0 Å². The minimum absolute atomic E-state index is 0.119. The van der Waals surface area contributed by atoms with Crippen LogP contribution in [0.1, 0.15) is 26.6 Å². The molecule has 118 valence electrons. The summed E-state index contributed by atoms with van der Waals surface area (Å²) in [6, 6.07) is 1.65. The van der Waals surface area contributed by atoms with Gasteiger partial charge in [-0.15, -0.1) is 0 Å². The van der Waals surface area contributed by atoms with E-state index in [1.807, 2.05) is 20.8 Å². The molecule has 0 aliphatic rings. The fraction of sp³-hybridized carbons (Fsp3) is 0.615. The predicted molar refractivity (Wildman–Crippen MR) is 81.9 cm³/mol. The number of rotatable bonds is 7. The largest absolute Gasteiger partial charge is 0.383 e. The van der Waals surface area contributed by atoms with Crippen LogP contribution in [0.25, 0.3) is 0 Å². The van der Waals surface area contributed by atoms with Crippen molar-refractivity contribution in [3.8, 4) is 0 Å². The number of hydrogen-bond acceptors (Lipinski definition) is 7. The summed E-state index contributed by atoms with van der Waals surface area (Å²) < 4.78 is 4.86. The van der Waals surface area contributed by atoms with Gasteiger partial charge in [-0.1, -0.05) is 20.8 Å². The van der Waals surface area contributed by atoms with Crippen molar-refractivity contribution in [3.63, 3.8) is 0 Å². The summed E-state index contributed by atoms with van der Waals surface area (Å²) >= 11 is 0. The smallest absolute Gasteiger partial charge is 0.239 e. The van der Waals surface area contributed by atoms with Crippen LogP contribution in [0.4, 0.5) is 11.6 Å². The van der Waals surface area contributed by atoms with E-state index in [-0.39, 0.29) is 17.9 Å². The molecule has 0 aliphatic carbocycles. The Morgan fingerprint density at radius 2 is 2.00 bits per heavy atom. The molecule has 0 spiro atoms. The van der Waals surface area contributed by atoms with Gasteiger partial charge in [-0.2, -0.15) is 0 Å². The molecule has 1 heterocycles. The highest BCUT2D eigenvalue weighted by molar-refractivity contribution is 5.80. The van der Waals surface area contributed by atoms with E-state index in [1.54, 1.807) is 13.2 Å². The first-order valence-electron chi connectivity index (χ1n) is 6.72. The third-order valence-electron chi connectivity index (χ3n) is 2.60. The quantitative estimate of drug-likeness (QED) is 0.323. The van der Waals surface area contributed by atoms with E-state index in [9.17, 15) is 4.79 Å². The number of anilines is 2. The van der Waals surface area contributed by atoms with E-state index in [4.69, 9.17) is 10.6 Å². The van der Waals surface area contributed by atoms with E-state index in [1.165, 1.54) is 0 Å². The second kappa shape index (κ2) is 7.75. The topological polar surface area (TPSA) is 114 Å². The zero-order chi connectivity index (χ0) is 15.9. The van der Waals surface area contributed by atoms with Crippen LogP contribution in [-0.4, -0.2) is 42.7 Å². The molecule has 0 unspecified atom stereocenters. The molecule has 0 saturated carbocycles. The van der Waals surface area contributed by atoms with Crippen LogP contribution in [0, 0.1) is 0 Å². The molecule has 0 aromatic carbocycles. The lowest BCUT2D eigenvalue weighted by molar-refractivity contribution is -0.119. The predicted octanol–water partition coefficient (Wildman–Crippen LogP) is 0.234. The number of nitrogens with two attached hydrogens (primary N) is 1. The fourth-order valence-corrected chi connectivity index (χ4v) is 1.47. The molecule has 0 aliphatic heterocycles. The third kappa shape index (κ3) is 5.92. The summed E-state index contributed by atoms with van der Waals surface area (Å²) in [5, 5.41) is 5.68. The highest BCUT2D eigenvalue weighted by Gasteiger charge is 2.19. The van der Waals surface area contributed by atoms with Gasteiger partial charge < -0.3 is 20.8 Å². The first-order chi connectivity index (χ1) is 9.86. The summed E-state index contributed by atoms with van der Waals surface area (Å²) in [6.45, 7) is 7.09. The standard InChI is InChI=1S/C13H24N6O2/c1-13(2,3)12-17-9(7-10(18-12)19-14)16-8-11(20)15-5-6-21-4/h7H,5-6,8,14H2,1-4H3,(H,15,20)(H2,16,17,18,19). The molecule has 21 heavy (non-hydrogen) atoms. The average molecular weight is 296 g/mol. The Labute approximate surface area is 124 Å². The third-order valence-corrected chi connectivity index (χ3v) is 2.60. The van der Waals surface area contributed by atoms with Gasteiger partial charge in [0.05, 0.1) is 13.2 Å². The fourth-order valence-electron chi connectivity index (χ4n) is 1.47. The van der Waals surface area contributed by atoms with Gasteiger partial charge in [-0.25, -0.2) is 15.8 Å². The molecule has 5 N–H and O–H groups in total. The van der Waals surface area contributed by atoms with E-state index in [0.29, 0.717) is 30.6 Å². The second-order valence-electron chi connectivity index (χ2n) is 5.55. The summed E-state index contributed by atoms with van der Waals surface area (Å²) in [4.78, 5) is 20.3. The van der Waals surface area contributed by atoms with Crippen molar-refractivity contribution in [2.75, 3.05) is 37.5 Å². The lowest BCUT2D eigenvalue weighted by Gasteiger charge is -2.18. The number of carbonyl (C=O) groups excluding carboxylic acids is 1. The zero-order valence-corrected chi connectivity index (χ0v) is 13.0. The number of hydrogen-bond donors (Lipinski definition) is 4. The highest BCUT2D eigenvalue weighted by Crippen LogP contribution is 2.21. The van der Waals surface area contributed by atoms with Gasteiger partial charge in [0, 0.05) is 25.1 Å². The van der Waals surface area contributed by atoms with Crippen molar-refractivity contribution in [2.45, 2.75) is 26.2 Å². The van der Waals surface area contributed by atoms with Crippen LogP contribution in [0.3, 0.4) is 0 Å². The molecule has 0 saturated heterocycles. The number of nitrogen functional groups attached to an aromatic ring is 1. The van der Waals surface area contributed by atoms with Gasteiger partial charge in [0.1, 0.15) is 17.5 Å². The Balaban J connectivity index is 2.68. The Kier molecular flexibility index (Phi) is 6.32. The van der Waals surface area contributed by atoms with Gasteiger partial charge in [-0.3, -0.25) is 4.79 Å². The van der Waals surface area contributed by atoms with Crippen LogP contribution < -0.4 is 21.9 Å². The molecule has 1 aromatic heterocycles. The number of nitrogens with zero attached hydrogens (tertiary/aromatic N) is 2. The normalized spacial score (nSPS) is 11.1. The minimum Gasteiger partial charge on any atom is -0.383 e. The van der Waals surface area contributed by atoms with Gasteiger partial charge in [-0.05, 0) is 0 Å². The Hall–Kier alpha value is -1.93. The second-order valence-corrected chi connectivity index (χ2v) is 5.55. The Morgan fingerprint density at radius 3 is 2.57 bits per heavy atom. The first-order valence-corrected chi connectivity index (χ1v) is 6.72. The van der Waals surface area contributed by atoms with Crippen molar-refractivity contribution in [3.05, 3.63) is 11.9 Å². The monoisotopic (exact) mass is 296 g/mol. The molecule has 0 bridgehead atoms. The molecule has 0 fully saturated rings.